The SMILES string of the molecule is Clc1ccc(-c2nc(NN=Cc3cccc4ncccc34)nc3ccccc23)cc1. The van der Waals surface area contributed by atoms with E-state index in [0.717, 1.165) is 38.6 Å². The predicted octanol–water partition coefficient (Wildman–Crippen LogP) is 5.94. The Balaban J connectivity index is 1.51. The van der Waals surface area contributed by atoms with Gasteiger partial charge < -0.3 is 0 Å². The van der Waals surface area contributed by atoms with Crippen LogP contribution >= 0.6 is 11.6 Å². The van der Waals surface area contributed by atoms with Crippen LogP contribution in [0.15, 0.2) is 90.2 Å². The van der Waals surface area contributed by atoms with Gasteiger partial charge in [0.05, 0.1) is 22.9 Å². The summed E-state index contributed by atoms with van der Waals surface area (Å²) in [5, 5.41) is 7.05. The molecular weight excluding hydrogens is 394 g/mol. The molecule has 5 nitrogen and oxygen atoms in total. The van der Waals surface area contributed by atoms with Crippen molar-refractivity contribution in [1.29, 1.82) is 0 Å². The average Bonchev–Trinajstić information content (AvgIpc) is 2.79. The molecule has 0 aliphatic carbocycles. The highest BCUT2D eigenvalue weighted by molar-refractivity contribution is 6.30. The number of hydrogen-bond donors (Lipinski definition) is 1. The van der Waals surface area contributed by atoms with E-state index in [1.54, 1.807) is 12.4 Å². The Kier molecular flexibility index (Phi) is 4.79. The van der Waals surface area contributed by atoms with Gasteiger partial charge in [-0.05, 0) is 30.3 Å². The van der Waals surface area contributed by atoms with Gasteiger partial charge in [-0.2, -0.15) is 5.10 Å². The topological polar surface area (TPSA) is 63.1 Å². The molecule has 2 heterocycles. The second kappa shape index (κ2) is 7.89. The zero-order chi connectivity index (χ0) is 20.3. The maximum Gasteiger partial charge on any atom is 0.244 e. The maximum atomic E-state index is 6.05. The minimum atomic E-state index is 0.424. The molecular formula is C24H16ClN5. The second-order valence-electron chi connectivity index (χ2n) is 6.71. The summed E-state index contributed by atoms with van der Waals surface area (Å²) < 4.78 is 0. The Bertz CT molecular complexity index is 1370. The van der Waals surface area contributed by atoms with Crippen LogP contribution in [0.3, 0.4) is 0 Å². The zero-order valence-electron chi connectivity index (χ0n) is 15.8. The number of halogens is 1. The molecule has 144 valence electrons. The molecule has 0 saturated heterocycles. The molecule has 1 N–H and O–H groups in total. The first kappa shape index (κ1) is 18.2. The summed E-state index contributed by atoms with van der Waals surface area (Å²) >= 11 is 6.05. The highest BCUT2D eigenvalue weighted by Crippen LogP contribution is 2.28. The smallest absolute Gasteiger partial charge is 0.244 e. The molecule has 0 saturated carbocycles. The molecule has 0 amide bonds. The van der Waals surface area contributed by atoms with Crippen LogP contribution in [0.1, 0.15) is 5.56 Å². The Morgan fingerprint density at radius 3 is 2.47 bits per heavy atom. The van der Waals surface area contributed by atoms with E-state index in [1.165, 1.54) is 0 Å². The fraction of sp³-hybridized carbons (Fsp3) is 0. The normalized spacial score (nSPS) is 11.4. The highest BCUT2D eigenvalue weighted by Gasteiger charge is 2.09. The quantitative estimate of drug-likeness (QED) is 0.294. The number of aromatic nitrogens is 3. The monoisotopic (exact) mass is 409 g/mol. The molecule has 6 heteroatoms. The molecule has 30 heavy (non-hydrogen) atoms. The first-order valence-electron chi connectivity index (χ1n) is 9.43. The lowest BCUT2D eigenvalue weighted by Crippen LogP contribution is -2.00. The molecule has 0 aliphatic heterocycles. The average molecular weight is 410 g/mol. The largest absolute Gasteiger partial charge is 0.256 e. The van der Waals surface area contributed by atoms with Gasteiger partial charge in [-0.15, -0.1) is 0 Å². The Labute approximate surface area is 178 Å². The summed E-state index contributed by atoms with van der Waals surface area (Å²) in [6.45, 7) is 0. The summed E-state index contributed by atoms with van der Waals surface area (Å²) in [4.78, 5) is 13.7. The lowest BCUT2D eigenvalue weighted by atomic mass is 10.1. The number of hydrazone groups is 1. The van der Waals surface area contributed by atoms with E-state index in [4.69, 9.17) is 16.6 Å². The third-order valence-corrected chi connectivity index (χ3v) is 5.02. The number of anilines is 1. The molecule has 0 unspecified atom stereocenters. The van der Waals surface area contributed by atoms with Gasteiger partial charge in [0, 0.05) is 33.1 Å². The summed E-state index contributed by atoms with van der Waals surface area (Å²) in [6.07, 6.45) is 3.53. The molecule has 0 spiro atoms. The summed E-state index contributed by atoms with van der Waals surface area (Å²) in [5.74, 6) is 0.424. The van der Waals surface area contributed by atoms with Gasteiger partial charge in [-0.1, -0.05) is 60.1 Å². The third kappa shape index (κ3) is 3.58. The molecule has 5 rings (SSSR count). The Hall–Kier alpha value is -3.83. The van der Waals surface area contributed by atoms with Crippen LogP contribution in [-0.4, -0.2) is 21.2 Å². The lowest BCUT2D eigenvalue weighted by Gasteiger charge is -2.08. The van der Waals surface area contributed by atoms with Crippen molar-refractivity contribution >= 4 is 45.6 Å². The van der Waals surface area contributed by atoms with Gasteiger partial charge in [0.2, 0.25) is 5.95 Å². The Morgan fingerprint density at radius 1 is 0.767 bits per heavy atom. The third-order valence-electron chi connectivity index (χ3n) is 4.77. The maximum absolute atomic E-state index is 6.05. The molecule has 0 fully saturated rings. The van der Waals surface area contributed by atoms with Crippen molar-refractivity contribution in [2.24, 2.45) is 5.10 Å². The van der Waals surface area contributed by atoms with E-state index in [0.29, 0.717) is 11.0 Å². The number of nitrogens with one attached hydrogen (secondary N) is 1. The fourth-order valence-electron chi connectivity index (χ4n) is 3.35. The van der Waals surface area contributed by atoms with Crippen molar-refractivity contribution < 1.29 is 0 Å². The van der Waals surface area contributed by atoms with Crippen molar-refractivity contribution in [1.82, 2.24) is 15.0 Å². The van der Waals surface area contributed by atoms with E-state index >= 15 is 0 Å². The standard InChI is InChI=1S/C24H16ClN5/c25-18-12-10-16(11-13-18)23-20-6-1-2-8-22(20)28-24(29-23)30-27-15-17-5-3-9-21-19(17)7-4-14-26-21/h1-15H,(H,28,29,30). The predicted molar refractivity (Wildman–Crippen MR) is 123 cm³/mol. The van der Waals surface area contributed by atoms with Crippen LogP contribution in [0.4, 0.5) is 5.95 Å². The summed E-state index contributed by atoms with van der Waals surface area (Å²) in [6, 6.07) is 25.4. The molecule has 5 aromatic rings. The zero-order valence-corrected chi connectivity index (χ0v) is 16.6. The van der Waals surface area contributed by atoms with Crippen molar-refractivity contribution in [2.45, 2.75) is 0 Å². The van der Waals surface area contributed by atoms with Gasteiger partial charge in [-0.3, -0.25) is 4.98 Å². The summed E-state index contributed by atoms with van der Waals surface area (Å²) in [5.41, 5.74) is 7.49. The van der Waals surface area contributed by atoms with E-state index in [9.17, 15) is 0 Å². The van der Waals surface area contributed by atoms with Crippen molar-refractivity contribution in [2.75, 3.05) is 5.43 Å². The number of fused-ring (bicyclic) bond motifs is 2. The number of pyridine rings is 1. The number of rotatable bonds is 4. The molecule has 0 radical (unpaired) electrons. The number of nitrogens with zero attached hydrogens (tertiary/aromatic N) is 4. The van der Waals surface area contributed by atoms with Crippen LogP contribution in [0.5, 0.6) is 0 Å². The van der Waals surface area contributed by atoms with Crippen LogP contribution < -0.4 is 5.43 Å². The number of hydrogen-bond acceptors (Lipinski definition) is 5. The first-order chi connectivity index (χ1) is 14.8. The van der Waals surface area contributed by atoms with Crippen LogP contribution in [-0.2, 0) is 0 Å². The fourth-order valence-corrected chi connectivity index (χ4v) is 3.48. The minimum Gasteiger partial charge on any atom is -0.256 e. The molecule has 0 aliphatic rings. The van der Waals surface area contributed by atoms with E-state index < -0.39 is 0 Å². The minimum absolute atomic E-state index is 0.424. The van der Waals surface area contributed by atoms with E-state index in [2.05, 4.69) is 20.5 Å². The second-order valence-corrected chi connectivity index (χ2v) is 7.14. The van der Waals surface area contributed by atoms with E-state index in [1.807, 2.05) is 78.9 Å². The number of para-hydroxylation sites is 1. The van der Waals surface area contributed by atoms with Crippen LogP contribution in [0.2, 0.25) is 5.02 Å². The molecule has 0 atom stereocenters. The first-order valence-corrected chi connectivity index (χ1v) is 9.81. The molecule has 2 aromatic heterocycles. The Morgan fingerprint density at radius 2 is 1.57 bits per heavy atom. The lowest BCUT2D eigenvalue weighted by molar-refractivity contribution is 1.16. The molecule has 0 bridgehead atoms. The van der Waals surface area contributed by atoms with E-state index in [-0.39, 0.29) is 0 Å². The van der Waals surface area contributed by atoms with Crippen LogP contribution in [0, 0.1) is 0 Å². The van der Waals surface area contributed by atoms with Crippen molar-refractivity contribution in [3.63, 3.8) is 0 Å². The van der Waals surface area contributed by atoms with Gasteiger partial charge in [-0.25, -0.2) is 15.4 Å². The highest BCUT2D eigenvalue weighted by atomic mass is 35.5. The van der Waals surface area contributed by atoms with Gasteiger partial charge in [0.15, 0.2) is 0 Å². The van der Waals surface area contributed by atoms with Crippen LogP contribution in [0.25, 0.3) is 33.1 Å². The van der Waals surface area contributed by atoms with Crippen molar-refractivity contribution in [3.05, 3.63) is 95.6 Å². The number of benzene rings is 3. The molecule has 3 aromatic carbocycles. The summed E-state index contributed by atoms with van der Waals surface area (Å²) in [7, 11) is 0. The van der Waals surface area contributed by atoms with Crippen molar-refractivity contribution in [3.8, 4) is 11.3 Å². The van der Waals surface area contributed by atoms with Gasteiger partial charge in [0.1, 0.15) is 0 Å². The van der Waals surface area contributed by atoms with Gasteiger partial charge >= 0.3 is 0 Å². The van der Waals surface area contributed by atoms with Gasteiger partial charge in [0.25, 0.3) is 0 Å².